The molecule has 4 nitrogen and oxygen atoms in total. The molecule has 0 N–H and O–H groups in total. The van der Waals surface area contributed by atoms with Gasteiger partial charge in [-0.1, -0.05) is 35.3 Å². The lowest BCUT2D eigenvalue weighted by molar-refractivity contribution is -0.145. The largest absolute Gasteiger partial charge is 0.492 e. The van der Waals surface area contributed by atoms with Crippen molar-refractivity contribution in [2.45, 2.75) is 19.4 Å². The fourth-order valence-electron chi connectivity index (χ4n) is 1.71. The number of hydrogen-bond donors (Lipinski definition) is 0. The van der Waals surface area contributed by atoms with Crippen molar-refractivity contribution in [2.24, 2.45) is 0 Å². The molecular weight excluding hydrogens is 325 g/mol. The molecular formula is C16H15Cl2NO3. The summed E-state index contributed by atoms with van der Waals surface area (Å²) in [6, 6.07) is 8.82. The molecule has 6 heteroatoms. The van der Waals surface area contributed by atoms with E-state index in [-0.39, 0.29) is 19.0 Å². The van der Waals surface area contributed by atoms with Crippen molar-refractivity contribution in [3.63, 3.8) is 0 Å². The highest BCUT2D eigenvalue weighted by Crippen LogP contribution is 2.31. The summed E-state index contributed by atoms with van der Waals surface area (Å²) in [5, 5.41) is 0.818. The highest BCUT2D eigenvalue weighted by atomic mass is 35.5. The van der Waals surface area contributed by atoms with Crippen LogP contribution in [0.5, 0.6) is 5.75 Å². The normalized spacial score (nSPS) is 10.3. The molecule has 1 aromatic carbocycles. The van der Waals surface area contributed by atoms with E-state index < -0.39 is 0 Å². The Morgan fingerprint density at radius 3 is 2.82 bits per heavy atom. The second kappa shape index (κ2) is 8.61. The Morgan fingerprint density at radius 2 is 2.05 bits per heavy atom. The Hall–Kier alpha value is -1.78. The molecule has 0 atom stereocenters. The molecule has 0 aliphatic heterocycles. The molecule has 0 spiro atoms. The third-order valence-electron chi connectivity index (χ3n) is 2.82. The Kier molecular flexibility index (Phi) is 6.49. The maximum Gasteiger partial charge on any atom is 0.306 e. The summed E-state index contributed by atoms with van der Waals surface area (Å²) in [5.74, 6) is 0.238. The molecule has 0 aliphatic rings. The lowest BCUT2D eigenvalue weighted by atomic mass is 10.3. The van der Waals surface area contributed by atoms with Gasteiger partial charge in [0.1, 0.15) is 17.4 Å². The maximum absolute atomic E-state index is 11.6. The first-order valence-electron chi connectivity index (χ1n) is 6.78. The van der Waals surface area contributed by atoms with Crippen LogP contribution >= 0.6 is 23.2 Å². The number of esters is 1. The van der Waals surface area contributed by atoms with Crippen LogP contribution in [0.2, 0.25) is 10.0 Å². The third kappa shape index (κ3) is 5.20. The van der Waals surface area contributed by atoms with Crippen LogP contribution in [0, 0.1) is 0 Å². The zero-order valence-electron chi connectivity index (χ0n) is 11.8. The second-order valence-corrected chi connectivity index (χ2v) is 5.31. The summed E-state index contributed by atoms with van der Waals surface area (Å²) in [6.45, 7) is 0.593. The Labute approximate surface area is 139 Å². The van der Waals surface area contributed by atoms with Crippen molar-refractivity contribution in [2.75, 3.05) is 6.61 Å². The summed E-state index contributed by atoms with van der Waals surface area (Å²) in [4.78, 5) is 15.6. The number of carbonyl (C=O) groups is 1. The molecule has 116 valence electrons. The molecule has 2 aromatic rings. The number of halogens is 2. The number of benzene rings is 1. The Balaban J connectivity index is 1.66. The van der Waals surface area contributed by atoms with E-state index in [0.717, 1.165) is 5.56 Å². The highest BCUT2D eigenvalue weighted by molar-refractivity contribution is 6.42. The molecule has 22 heavy (non-hydrogen) atoms. The van der Waals surface area contributed by atoms with Gasteiger partial charge in [0, 0.05) is 24.4 Å². The molecule has 0 saturated heterocycles. The minimum absolute atomic E-state index is 0.230. The van der Waals surface area contributed by atoms with Gasteiger partial charge < -0.3 is 9.47 Å². The quantitative estimate of drug-likeness (QED) is 0.557. The van der Waals surface area contributed by atoms with Crippen molar-refractivity contribution >= 4 is 29.2 Å². The third-order valence-corrected chi connectivity index (χ3v) is 3.62. The SMILES string of the molecule is O=C(CCCOc1cccc(Cl)c1Cl)OCc1cccnc1. The van der Waals surface area contributed by atoms with E-state index in [1.807, 2.05) is 6.07 Å². The van der Waals surface area contributed by atoms with Gasteiger partial charge in [-0.3, -0.25) is 9.78 Å². The van der Waals surface area contributed by atoms with E-state index in [9.17, 15) is 4.79 Å². The topological polar surface area (TPSA) is 48.4 Å². The number of ether oxygens (including phenoxy) is 2. The Bertz CT molecular complexity index is 620. The standard InChI is InChI=1S/C16H15Cl2NO3/c17-13-5-1-6-14(16(13)18)21-9-3-7-15(20)22-11-12-4-2-8-19-10-12/h1-2,4-6,8,10H,3,7,9,11H2. The van der Waals surface area contributed by atoms with E-state index in [1.54, 1.807) is 36.7 Å². The van der Waals surface area contributed by atoms with Gasteiger partial charge in [0.2, 0.25) is 0 Å². The van der Waals surface area contributed by atoms with Gasteiger partial charge in [0.15, 0.2) is 0 Å². The van der Waals surface area contributed by atoms with Gasteiger partial charge in [0.25, 0.3) is 0 Å². The number of carbonyl (C=O) groups excluding carboxylic acids is 1. The van der Waals surface area contributed by atoms with Gasteiger partial charge >= 0.3 is 5.97 Å². The van der Waals surface area contributed by atoms with E-state index in [2.05, 4.69) is 4.98 Å². The molecule has 0 amide bonds. The molecule has 0 bridgehead atoms. The van der Waals surface area contributed by atoms with Gasteiger partial charge in [-0.05, 0) is 24.6 Å². The first-order valence-corrected chi connectivity index (χ1v) is 7.54. The molecule has 0 aliphatic carbocycles. The zero-order valence-corrected chi connectivity index (χ0v) is 13.3. The first kappa shape index (κ1) is 16.6. The van der Waals surface area contributed by atoms with Gasteiger partial charge in [0.05, 0.1) is 11.6 Å². The number of aromatic nitrogens is 1. The van der Waals surface area contributed by atoms with Crippen molar-refractivity contribution in [3.05, 3.63) is 58.3 Å². The number of pyridine rings is 1. The monoisotopic (exact) mass is 339 g/mol. The summed E-state index contributed by atoms with van der Waals surface area (Å²) < 4.78 is 10.6. The summed E-state index contributed by atoms with van der Waals surface area (Å²) in [6.07, 6.45) is 4.15. The maximum atomic E-state index is 11.6. The fraction of sp³-hybridized carbons (Fsp3) is 0.250. The van der Waals surface area contributed by atoms with E-state index in [1.165, 1.54) is 0 Å². The summed E-state index contributed by atoms with van der Waals surface area (Å²) in [7, 11) is 0. The minimum Gasteiger partial charge on any atom is -0.492 e. The number of rotatable bonds is 7. The average Bonchev–Trinajstić information content (AvgIpc) is 2.54. The van der Waals surface area contributed by atoms with Crippen LogP contribution < -0.4 is 4.74 Å². The highest BCUT2D eigenvalue weighted by Gasteiger charge is 2.07. The molecule has 0 unspecified atom stereocenters. The molecule has 2 rings (SSSR count). The van der Waals surface area contributed by atoms with Crippen molar-refractivity contribution in [1.82, 2.24) is 4.98 Å². The van der Waals surface area contributed by atoms with Gasteiger partial charge in [-0.15, -0.1) is 0 Å². The average molecular weight is 340 g/mol. The van der Waals surface area contributed by atoms with Crippen LogP contribution in [-0.2, 0) is 16.1 Å². The van der Waals surface area contributed by atoms with Crippen molar-refractivity contribution in [1.29, 1.82) is 0 Å². The lowest BCUT2D eigenvalue weighted by Crippen LogP contribution is -2.07. The predicted octanol–water partition coefficient (Wildman–Crippen LogP) is 4.29. The van der Waals surface area contributed by atoms with Crippen LogP contribution in [0.1, 0.15) is 18.4 Å². The molecule has 1 heterocycles. The van der Waals surface area contributed by atoms with E-state index in [0.29, 0.717) is 28.8 Å². The smallest absolute Gasteiger partial charge is 0.306 e. The zero-order chi connectivity index (χ0) is 15.8. The molecule has 1 aromatic heterocycles. The summed E-state index contributed by atoms with van der Waals surface area (Å²) >= 11 is 11.9. The van der Waals surface area contributed by atoms with Gasteiger partial charge in [-0.2, -0.15) is 0 Å². The first-order chi connectivity index (χ1) is 10.7. The molecule has 0 saturated carbocycles. The van der Waals surface area contributed by atoms with Crippen LogP contribution in [0.15, 0.2) is 42.7 Å². The number of hydrogen-bond acceptors (Lipinski definition) is 4. The molecule has 0 radical (unpaired) electrons. The predicted molar refractivity (Wildman–Crippen MR) is 85.2 cm³/mol. The van der Waals surface area contributed by atoms with Crippen molar-refractivity contribution in [3.8, 4) is 5.75 Å². The van der Waals surface area contributed by atoms with Crippen LogP contribution in [0.3, 0.4) is 0 Å². The van der Waals surface area contributed by atoms with Crippen LogP contribution in [0.4, 0.5) is 0 Å². The van der Waals surface area contributed by atoms with E-state index >= 15 is 0 Å². The summed E-state index contributed by atoms with van der Waals surface area (Å²) in [5.41, 5.74) is 0.859. The lowest BCUT2D eigenvalue weighted by Gasteiger charge is -2.08. The second-order valence-electron chi connectivity index (χ2n) is 4.53. The van der Waals surface area contributed by atoms with E-state index in [4.69, 9.17) is 32.7 Å². The molecule has 0 fully saturated rings. The fourth-order valence-corrected chi connectivity index (χ4v) is 2.06. The van der Waals surface area contributed by atoms with Crippen LogP contribution in [-0.4, -0.2) is 17.6 Å². The number of nitrogens with zero attached hydrogens (tertiary/aromatic N) is 1. The van der Waals surface area contributed by atoms with Crippen molar-refractivity contribution < 1.29 is 14.3 Å². The minimum atomic E-state index is -0.273. The van der Waals surface area contributed by atoms with Gasteiger partial charge in [-0.25, -0.2) is 0 Å². The van der Waals surface area contributed by atoms with Crippen LogP contribution in [0.25, 0.3) is 0 Å². The Morgan fingerprint density at radius 1 is 1.18 bits per heavy atom.